The number of benzene rings is 2. The van der Waals surface area contributed by atoms with Gasteiger partial charge in [-0.1, -0.05) is 17.7 Å². The van der Waals surface area contributed by atoms with E-state index in [0.717, 1.165) is 18.2 Å². The molecular formula is C16H9ClF4N2O3. The summed E-state index contributed by atoms with van der Waals surface area (Å²) >= 11 is 5.68. The van der Waals surface area contributed by atoms with Crippen molar-refractivity contribution < 1.29 is 32.2 Å². The van der Waals surface area contributed by atoms with Crippen LogP contribution in [0.3, 0.4) is 0 Å². The summed E-state index contributed by atoms with van der Waals surface area (Å²) in [5, 5.41) is 13.2. The molecule has 3 rings (SSSR count). The van der Waals surface area contributed by atoms with Gasteiger partial charge in [0.2, 0.25) is 0 Å². The number of ether oxygens (including phenoxy) is 1. The van der Waals surface area contributed by atoms with E-state index in [2.05, 4.69) is 9.84 Å². The highest BCUT2D eigenvalue weighted by atomic mass is 35.5. The second-order valence-electron chi connectivity index (χ2n) is 5.27. The molecule has 0 aliphatic rings. The van der Waals surface area contributed by atoms with Crippen molar-refractivity contribution in [1.82, 2.24) is 9.78 Å². The molecule has 0 bridgehead atoms. The van der Waals surface area contributed by atoms with Crippen molar-refractivity contribution in [2.45, 2.75) is 12.9 Å². The largest absolute Gasteiger partial charge is 0.573 e. The van der Waals surface area contributed by atoms with Crippen molar-refractivity contribution in [2.75, 3.05) is 0 Å². The number of fused-ring (bicyclic) bond motifs is 1. The van der Waals surface area contributed by atoms with Crippen molar-refractivity contribution in [3.05, 3.63) is 58.5 Å². The Balaban J connectivity index is 2.07. The summed E-state index contributed by atoms with van der Waals surface area (Å²) in [6.07, 6.45) is -4.92. The van der Waals surface area contributed by atoms with Gasteiger partial charge >= 0.3 is 12.3 Å². The molecule has 1 heterocycles. The Hall–Kier alpha value is -2.81. The van der Waals surface area contributed by atoms with Gasteiger partial charge in [0, 0.05) is 16.0 Å². The summed E-state index contributed by atoms with van der Waals surface area (Å²) in [5.41, 5.74) is -0.0698. The molecule has 0 fully saturated rings. The average Bonchev–Trinajstić information content (AvgIpc) is 2.86. The molecular weight excluding hydrogens is 380 g/mol. The highest BCUT2D eigenvalue weighted by Gasteiger charge is 2.31. The van der Waals surface area contributed by atoms with Gasteiger partial charge in [0.15, 0.2) is 5.69 Å². The third-order valence-electron chi connectivity index (χ3n) is 3.49. The lowest BCUT2D eigenvalue weighted by atomic mass is 10.2. The smallest absolute Gasteiger partial charge is 0.476 e. The van der Waals surface area contributed by atoms with Crippen LogP contribution >= 0.6 is 11.6 Å². The van der Waals surface area contributed by atoms with Crippen molar-refractivity contribution in [3.63, 3.8) is 0 Å². The lowest BCUT2D eigenvalue weighted by Gasteiger charge is -2.09. The molecule has 26 heavy (non-hydrogen) atoms. The molecule has 0 unspecified atom stereocenters. The van der Waals surface area contributed by atoms with E-state index in [1.54, 1.807) is 0 Å². The lowest BCUT2D eigenvalue weighted by molar-refractivity contribution is -0.274. The van der Waals surface area contributed by atoms with Crippen molar-refractivity contribution in [3.8, 4) is 5.75 Å². The number of rotatable bonds is 4. The number of carboxylic acid groups (broad SMARTS) is 1. The van der Waals surface area contributed by atoms with Crippen LogP contribution in [0.15, 0.2) is 36.4 Å². The third kappa shape index (κ3) is 3.72. The van der Waals surface area contributed by atoms with E-state index < -0.39 is 29.6 Å². The molecule has 0 saturated carbocycles. The number of aromatic nitrogens is 2. The molecule has 0 aliphatic carbocycles. The summed E-state index contributed by atoms with van der Waals surface area (Å²) in [6.45, 7) is -0.133. The zero-order chi connectivity index (χ0) is 19.1. The summed E-state index contributed by atoms with van der Waals surface area (Å²) in [6, 6.07) is 7.14. The van der Waals surface area contributed by atoms with Gasteiger partial charge in [0.05, 0.1) is 12.1 Å². The molecule has 0 amide bonds. The maximum Gasteiger partial charge on any atom is 0.573 e. The topological polar surface area (TPSA) is 64.3 Å². The highest BCUT2D eigenvalue weighted by molar-refractivity contribution is 6.30. The number of halogens is 5. The number of nitrogens with zero attached hydrogens (tertiary/aromatic N) is 2. The van der Waals surface area contributed by atoms with Crippen LogP contribution < -0.4 is 4.74 Å². The minimum atomic E-state index is -4.92. The van der Waals surface area contributed by atoms with Gasteiger partial charge in [-0.25, -0.2) is 9.18 Å². The Bertz CT molecular complexity index is 1000. The van der Waals surface area contributed by atoms with E-state index in [1.807, 2.05) is 0 Å². The van der Waals surface area contributed by atoms with E-state index in [1.165, 1.54) is 22.9 Å². The first kappa shape index (κ1) is 18.0. The zero-order valence-corrected chi connectivity index (χ0v) is 13.5. The lowest BCUT2D eigenvalue weighted by Crippen LogP contribution is -2.17. The average molecular weight is 389 g/mol. The molecule has 0 radical (unpaired) electrons. The highest BCUT2D eigenvalue weighted by Crippen LogP contribution is 2.29. The van der Waals surface area contributed by atoms with Crippen LogP contribution in [0.1, 0.15) is 16.1 Å². The molecule has 0 aliphatic heterocycles. The fourth-order valence-electron chi connectivity index (χ4n) is 2.45. The maximum atomic E-state index is 14.0. The predicted molar refractivity (Wildman–Crippen MR) is 83.9 cm³/mol. The van der Waals surface area contributed by atoms with Gasteiger partial charge < -0.3 is 9.84 Å². The fraction of sp³-hybridized carbons (Fsp3) is 0.125. The molecule has 1 N–H and O–H groups in total. The fourth-order valence-corrected chi connectivity index (χ4v) is 2.60. The van der Waals surface area contributed by atoms with Crippen LogP contribution in [0.2, 0.25) is 5.02 Å². The maximum absolute atomic E-state index is 14.0. The van der Waals surface area contributed by atoms with Crippen LogP contribution in [-0.2, 0) is 6.54 Å². The first-order chi connectivity index (χ1) is 12.1. The molecule has 136 valence electrons. The van der Waals surface area contributed by atoms with E-state index in [0.29, 0.717) is 0 Å². The molecule has 1 aromatic heterocycles. The summed E-state index contributed by atoms with van der Waals surface area (Å²) in [5.74, 6) is -2.63. The van der Waals surface area contributed by atoms with Crippen LogP contribution in [0, 0.1) is 5.82 Å². The van der Waals surface area contributed by atoms with Gasteiger partial charge in [-0.15, -0.1) is 13.2 Å². The summed E-state index contributed by atoms with van der Waals surface area (Å²) in [4.78, 5) is 11.4. The Morgan fingerprint density at radius 3 is 2.58 bits per heavy atom. The van der Waals surface area contributed by atoms with E-state index in [9.17, 15) is 27.5 Å². The first-order valence-corrected chi connectivity index (χ1v) is 7.45. The minimum absolute atomic E-state index is 0.0615. The summed E-state index contributed by atoms with van der Waals surface area (Å²) in [7, 11) is 0. The quantitative estimate of drug-likeness (QED) is 0.670. The van der Waals surface area contributed by atoms with Gasteiger partial charge in [0.1, 0.15) is 11.6 Å². The van der Waals surface area contributed by atoms with Crippen molar-refractivity contribution in [2.24, 2.45) is 0 Å². The Kier molecular flexibility index (Phi) is 4.49. The predicted octanol–water partition coefficient (Wildman–Crippen LogP) is 4.47. The van der Waals surface area contributed by atoms with Gasteiger partial charge in [-0.3, -0.25) is 4.68 Å². The van der Waals surface area contributed by atoms with Crippen LogP contribution in [0.5, 0.6) is 5.75 Å². The Morgan fingerprint density at radius 2 is 1.96 bits per heavy atom. The number of carboxylic acids is 1. The van der Waals surface area contributed by atoms with E-state index >= 15 is 0 Å². The monoisotopic (exact) mass is 388 g/mol. The molecule has 0 atom stereocenters. The van der Waals surface area contributed by atoms with E-state index in [4.69, 9.17) is 11.6 Å². The van der Waals surface area contributed by atoms with Crippen LogP contribution in [0.4, 0.5) is 17.6 Å². The number of aromatic carboxylic acids is 1. The Labute approximate surface area is 148 Å². The second-order valence-corrected chi connectivity index (χ2v) is 5.71. The molecule has 5 nitrogen and oxygen atoms in total. The number of hydrogen-bond acceptors (Lipinski definition) is 3. The Morgan fingerprint density at radius 1 is 1.23 bits per heavy atom. The van der Waals surface area contributed by atoms with E-state index in [-0.39, 0.29) is 28.0 Å². The normalized spacial score (nSPS) is 11.7. The molecule has 0 saturated heterocycles. The standard InChI is InChI=1S/C16H9ClF4N2O3/c17-9-2-1-8(12(18)5-9)7-23-13-4-3-10(26-16(19,20)21)6-11(13)14(22-23)15(24)25/h1-6H,7H2,(H,24,25). The SMILES string of the molecule is O=C(O)c1nn(Cc2ccc(Cl)cc2F)c2ccc(OC(F)(F)F)cc12. The zero-order valence-electron chi connectivity index (χ0n) is 12.7. The minimum Gasteiger partial charge on any atom is -0.476 e. The third-order valence-corrected chi connectivity index (χ3v) is 3.73. The van der Waals surface area contributed by atoms with Gasteiger partial charge in [-0.05, 0) is 30.3 Å². The first-order valence-electron chi connectivity index (χ1n) is 7.07. The van der Waals surface area contributed by atoms with Gasteiger partial charge in [0.25, 0.3) is 0 Å². The van der Waals surface area contributed by atoms with Crippen LogP contribution in [0.25, 0.3) is 10.9 Å². The van der Waals surface area contributed by atoms with Crippen molar-refractivity contribution in [1.29, 1.82) is 0 Å². The molecule has 0 spiro atoms. The number of alkyl halides is 3. The number of hydrogen-bond donors (Lipinski definition) is 1. The summed E-state index contributed by atoms with van der Waals surface area (Å²) < 4.78 is 56.0. The van der Waals surface area contributed by atoms with Gasteiger partial charge in [-0.2, -0.15) is 5.10 Å². The van der Waals surface area contributed by atoms with Crippen molar-refractivity contribution >= 4 is 28.5 Å². The number of carbonyl (C=O) groups is 1. The molecule has 10 heteroatoms. The van der Waals surface area contributed by atoms with Crippen LogP contribution in [-0.4, -0.2) is 27.2 Å². The second kappa shape index (κ2) is 6.49. The molecule has 3 aromatic rings. The molecule has 2 aromatic carbocycles.